The molecule has 0 unspecified atom stereocenters. The summed E-state index contributed by atoms with van der Waals surface area (Å²) >= 11 is 0. The Morgan fingerprint density at radius 1 is 1.04 bits per heavy atom. The molecule has 0 radical (unpaired) electrons. The van der Waals surface area contributed by atoms with E-state index in [-0.39, 0.29) is 48.3 Å². The van der Waals surface area contributed by atoms with Crippen molar-refractivity contribution < 1.29 is 27.3 Å². The molecule has 0 spiro atoms. The molecule has 0 aromatic heterocycles. The Labute approximate surface area is 163 Å². The Morgan fingerprint density at radius 3 is 2.21 bits per heavy atom. The molecule has 1 aromatic rings. The monoisotopic (exact) mass is 408 g/mol. The van der Waals surface area contributed by atoms with Crippen molar-refractivity contribution in [2.45, 2.75) is 17.7 Å². The van der Waals surface area contributed by atoms with Crippen LogP contribution in [0.1, 0.15) is 12.8 Å². The number of nitrogens with one attached hydrogen (secondary N) is 1. The van der Waals surface area contributed by atoms with E-state index < -0.39 is 15.8 Å². The third-order valence-electron chi connectivity index (χ3n) is 5.84. The van der Waals surface area contributed by atoms with Gasteiger partial charge in [-0.15, -0.1) is 0 Å². The molecule has 3 aliphatic rings. The summed E-state index contributed by atoms with van der Waals surface area (Å²) in [5, 5.41) is 0. The van der Waals surface area contributed by atoms with Crippen LogP contribution in [-0.4, -0.2) is 62.3 Å². The van der Waals surface area contributed by atoms with Gasteiger partial charge in [-0.1, -0.05) is 18.2 Å². The van der Waals surface area contributed by atoms with Crippen molar-refractivity contribution in [2.75, 3.05) is 32.8 Å². The van der Waals surface area contributed by atoms with Gasteiger partial charge in [0.05, 0.1) is 42.9 Å². The highest BCUT2D eigenvalue weighted by Gasteiger charge is 2.48. The molecule has 28 heavy (non-hydrogen) atoms. The number of imide groups is 1. The van der Waals surface area contributed by atoms with E-state index in [9.17, 15) is 22.4 Å². The van der Waals surface area contributed by atoms with Crippen molar-refractivity contribution in [1.29, 1.82) is 0 Å². The second-order valence-electron chi connectivity index (χ2n) is 7.53. The Hall–Kier alpha value is -2.10. The first-order valence-corrected chi connectivity index (χ1v) is 10.9. The van der Waals surface area contributed by atoms with Gasteiger partial charge in [-0.25, -0.2) is 17.7 Å². The molecule has 0 saturated carbocycles. The van der Waals surface area contributed by atoms with Crippen molar-refractivity contribution in [3.63, 3.8) is 0 Å². The van der Waals surface area contributed by atoms with E-state index >= 15 is 0 Å². The lowest BCUT2D eigenvalue weighted by atomic mass is 9.85. The zero-order valence-corrected chi connectivity index (χ0v) is 16.2. The lowest BCUT2D eigenvalue weighted by Crippen LogP contribution is -3.16. The fourth-order valence-electron chi connectivity index (χ4n) is 4.23. The van der Waals surface area contributed by atoms with Gasteiger partial charge in [-0.2, -0.15) is 4.31 Å². The number of nitrogens with zero attached hydrogens (tertiary/aromatic N) is 2. The molecule has 2 amide bonds. The van der Waals surface area contributed by atoms with Crippen molar-refractivity contribution in [1.82, 2.24) is 9.21 Å². The minimum Gasteiger partial charge on any atom is -0.315 e. The Balaban J connectivity index is 1.38. The first-order chi connectivity index (χ1) is 13.4. The number of piperazine rings is 1. The number of allylic oxidation sites excluding steroid dienone is 2. The second kappa shape index (κ2) is 7.38. The van der Waals surface area contributed by atoms with E-state index in [1.807, 2.05) is 12.2 Å². The molecule has 1 aliphatic carbocycles. The zero-order chi connectivity index (χ0) is 19.9. The van der Waals surface area contributed by atoms with E-state index in [2.05, 4.69) is 0 Å². The number of halogens is 1. The fraction of sp³-hybridized carbons (Fsp3) is 0.474. The van der Waals surface area contributed by atoms with Gasteiger partial charge in [0.15, 0.2) is 6.67 Å². The molecule has 0 bridgehead atoms. The van der Waals surface area contributed by atoms with Crippen molar-refractivity contribution >= 4 is 21.8 Å². The number of amides is 2. The van der Waals surface area contributed by atoms with Crippen LogP contribution in [-0.2, 0) is 19.6 Å². The molecule has 2 atom stereocenters. The minimum atomic E-state index is -3.75. The Kier molecular flexibility index (Phi) is 5.07. The maximum Gasteiger partial charge on any atom is 0.243 e. The molecule has 2 heterocycles. The third kappa shape index (κ3) is 3.38. The third-order valence-corrected chi connectivity index (χ3v) is 7.74. The average Bonchev–Trinajstić information content (AvgIpc) is 2.94. The standard InChI is InChI=1S/C19H22FN3O4S/c20-14-4-3-5-15(12-14)28(26,27)22-10-8-21(9-11-22)13-23-18(24)16-6-1-2-7-17(16)19(23)25/h1-5,12,16-17H,6-11,13H2/p+1/t16-,17+. The minimum absolute atomic E-state index is 0.0579. The second-order valence-corrected chi connectivity index (χ2v) is 9.47. The van der Waals surface area contributed by atoms with Crippen LogP contribution < -0.4 is 4.90 Å². The zero-order valence-electron chi connectivity index (χ0n) is 15.4. The summed E-state index contributed by atoms with van der Waals surface area (Å²) in [6, 6.07) is 4.99. The molecule has 1 aromatic carbocycles. The van der Waals surface area contributed by atoms with Gasteiger partial charge in [0.2, 0.25) is 21.8 Å². The van der Waals surface area contributed by atoms with Crippen LogP contribution in [0.15, 0.2) is 41.3 Å². The highest BCUT2D eigenvalue weighted by atomic mass is 32.2. The maximum absolute atomic E-state index is 13.4. The molecule has 7 nitrogen and oxygen atoms in total. The summed E-state index contributed by atoms with van der Waals surface area (Å²) in [6.45, 7) is 1.77. The topological polar surface area (TPSA) is 79.2 Å². The highest BCUT2D eigenvalue weighted by molar-refractivity contribution is 7.89. The van der Waals surface area contributed by atoms with E-state index in [0.29, 0.717) is 25.9 Å². The van der Waals surface area contributed by atoms with Gasteiger partial charge < -0.3 is 4.90 Å². The summed E-state index contributed by atoms with van der Waals surface area (Å²) in [7, 11) is -3.75. The molecule has 2 aliphatic heterocycles. The molecule has 1 N–H and O–H groups in total. The Morgan fingerprint density at radius 2 is 1.64 bits per heavy atom. The number of likely N-dealkylation sites (tertiary alicyclic amines) is 1. The van der Waals surface area contributed by atoms with Crippen LogP contribution in [0.4, 0.5) is 4.39 Å². The van der Waals surface area contributed by atoms with E-state index in [1.165, 1.54) is 27.4 Å². The van der Waals surface area contributed by atoms with Gasteiger partial charge >= 0.3 is 0 Å². The first kappa shape index (κ1) is 19.2. The van der Waals surface area contributed by atoms with Gasteiger partial charge in [0.1, 0.15) is 5.82 Å². The van der Waals surface area contributed by atoms with Crippen LogP contribution >= 0.6 is 0 Å². The molecular formula is C19H23FN3O4S+. The predicted octanol–water partition coefficient (Wildman–Crippen LogP) is -0.376. The predicted molar refractivity (Wildman–Crippen MR) is 97.9 cm³/mol. The van der Waals surface area contributed by atoms with Crippen LogP contribution in [0.2, 0.25) is 0 Å². The van der Waals surface area contributed by atoms with Gasteiger partial charge in [-0.05, 0) is 31.0 Å². The lowest BCUT2D eigenvalue weighted by molar-refractivity contribution is -0.910. The number of fused-ring (bicyclic) bond motifs is 1. The van der Waals surface area contributed by atoms with Gasteiger partial charge in [0.25, 0.3) is 0 Å². The number of carbonyl (C=O) groups is 2. The molecule has 2 saturated heterocycles. The summed E-state index contributed by atoms with van der Waals surface area (Å²) in [5.41, 5.74) is 0. The van der Waals surface area contributed by atoms with E-state index in [0.717, 1.165) is 11.0 Å². The summed E-state index contributed by atoms with van der Waals surface area (Å²) < 4.78 is 40.1. The number of rotatable bonds is 4. The average molecular weight is 408 g/mol. The largest absolute Gasteiger partial charge is 0.315 e. The summed E-state index contributed by atoms with van der Waals surface area (Å²) in [4.78, 5) is 27.5. The number of hydrogen-bond donors (Lipinski definition) is 1. The Bertz CT molecular complexity index is 899. The molecule has 2 fully saturated rings. The quantitative estimate of drug-likeness (QED) is 0.544. The number of carbonyl (C=O) groups excluding carboxylic acids is 2. The lowest BCUT2D eigenvalue weighted by Gasteiger charge is -2.33. The normalized spacial score (nSPS) is 26.7. The SMILES string of the molecule is O=C1[C@H]2CC=CC[C@H]2C(=O)N1C[NH+]1CCN(S(=O)(=O)c2cccc(F)c2)CC1. The molecule has 150 valence electrons. The van der Waals surface area contributed by atoms with Crippen molar-refractivity contribution in [3.05, 3.63) is 42.2 Å². The summed E-state index contributed by atoms with van der Waals surface area (Å²) in [5.74, 6) is -1.30. The number of quaternary nitrogens is 1. The van der Waals surface area contributed by atoms with E-state index in [4.69, 9.17) is 0 Å². The van der Waals surface area contributed by atoms with Gasteiger partial charge in [-0.3, -0.25) is 9.59 Å². The van der Waals surface area contributed by atoms with E-state index in [1.54, 1.807) is 0 Å². The molecule has 4 rings (SSSR count). The maximum atomic E-state index is 13.4. The first-order valence-electron chi connectivity index (χ1n) is 9.47. The van der Waals surface area contributed by atoms with Gasteiger partial charge in [0, 0.05) is 0 Å². The number of hydrogen-bond acceptors (Lipinski definition) is 4. The van der Waals surface area contributed by atoms with Crippen molar-refractivity contribution in [2.24, 2.45) is 11.8 Å². The van der Waals surface area contributed by atoms with Crippen LogP contribution in [0.5, 0.6) is 0 Å². The fourth-order valence-corrected chi connectivity index (χ4v) is 5.70. The van der Waals surface area contributed by atoms with Crippen molar-refractivity contribution in [3.8, 4) is 0 Å². The molecular weight excluding hydrogens is 385 g/mol. The van der Waals surface area contributed by atoms with Crippen LogP contribution in [0.3, 0.4) is 0 Å². The van der Waals surface area contributed by atoms with Crippen LogP contribution in [0.25, 0.3) is 0 Å². The van der Waals surface area contributed by atoms with Crippen LogP contribution in [0, 0.1) is 17.7 Å². The number of benzene rings is 1. The number of sulfonamides is 1. The molecule has 9 heteroatoms. The highest BCUT2D eigenvalue weighted by Crippen LogP contribution is 2.34. The smallest absolute Gasteiger partial charge is 0.243 e. The summed E-state index contributed by atoms with van der Waals surface area (Å²) in [6.07, 6.45) is 5.14.